The first-order chi connectivity index (χ1) is 8.99. The molecule has 1 aromatic carbocycles. The third-order valence-electron chi connectivity index (χ3n) is 2.13. The Hall–Kier alpha value is -0.920. The Morgan fingerprint density at radius 2 is 1.95 bits per heavy atom. The molecule has 0 aliphatic rings. The molecule has 2 rings (SSSR count). The first kappa shape index (κ1) is 14.5. The number of nitrogens with zero attached hydrogens (tertiary/aromatic N) is 2. The van der Waals surface area contributed by atoms with Crippen LogP contribution in [0.5, 0.6) is 0 Å². The number of rotatable bonds is 3. The Labute approximate surface area is 125 Å². The molecule has 0 radical (unpaired) electrons. The van der Waals surface area contributed by atoms with Gasteiger partial charge < -0.3 is 5.32 Å². The van der Waals surface area contributed by atoms with Crippen LogP contribution < -0.4 is 5.32 Å². The van der Waals surface area contributed by atoms with E-state index in [9.17, 15) is 8.78 Å². The molecular weight excluding hydrogens is 360 g/mol. The van der Waals surface area contributed by atoms with E-state index < -0.39 is 11.6 Å². The summed E-state index contributed by atoms with van der Waals surface area (Å²) in [5.41, 5.74) is 0.0927. The normalized spacial score (nSPS) is 10.6. The van der Waals surface area contributed by atoms with Crippen LogP contribution in [0.25, 0.3) is 0 Å². The number of anilines is 2. The highest BCUT2D eigenvalue weighted by Gasteiger charge is 2.10. The van der Waals surface area contributed by atoms with Crippen molar-refractivity contribution in [3.63, 3.8) is 0 Å². The summed E-state index contributed by atoms with van der Waals surface area (Å²) in [7, 11) is 0. The maximum atomic E-state index is 13.6. The summed E-state index contributed by atoms with van der Waals surface area (Å²) >= 11 is 10.1. The average molecular weight is 367 g/mol. The lowest BCUT2D eigenvalue weighted by atomic mass is 10.3. The molecule has 0 amide bonds. The fraction of sp³-hybridized carbons (Fsp3) is 0.0909. The molecule has 0 fully saturated rings. The Morgan fingerprint density at radius 1 is 1.21 bits per heavy atom. The highest BCUT2D eigenvalue weighted by atomic mass is 79.9. The number of benzene rings is 1. The van der Waals surface area contributed by atoms with Gasteiger partial charge >= 0.3 is 0 Å². The van der Waals surface area contributed by atoms with Crippen LogP contribution in [0.1, 0.15) is 0 Å². The number of aromatic nitrogens is 2. The van der Waals surface area contributed by atoms with E-state index in [0.717, 1.165) is 6.07 Å². The molecule has 100 valence electrons. The van der Waals surface area contributed by atoms with Crippen LogP contribution in [0.4, 0.5) is 20.3 Å². The van der Waals surface area contributed by atoms with Gasteiger partial charge in [-0.2, -0.15) is 0 Å². The zero-order valence-electron chi connectivity index (χ0n) is 9.55. The average Bonchev–Trinajstić information content (AvgIpc) is 2.35. The minimum absolute atomic E-state index is 0.0927. The van der Waals surface area contributed by atoms with Crippen LogP contribution in [0.3, 0.4) is 0 Å². The van der Waals surface area contributed by atoms with Crippen LogP contribution in [0, 0.1) is 11.6 Å². The molecule has 0 unspecified atom stereocenters. The molecule has 1 aromatic heterocycles. The van der Waals surface area contributed by atoms with Crippen molar-refractivity contribution >= 4 is 50.8 Å². The molecule has 0 atom stereocenters. The Balaban J connectivity index is 2.36. The predicted molar refractivity (Wildman–Crippen MR) is 76.2 cm³/mol. The highest BCUT2D eigenvalue weighted by molar-refractivity contribution is 9.10. The Bertz CT molecular complexity index is 627. The SMILES string of the molecule is CSc1nc(Cl)cc(Nc2cc(Br)c(F)cc2F)n1. The molecular formula is C11H7BrClF2N3S. The molecule has 0 aliphatic heterocycles. The maximum absolute atomic E-state index is 13.6. The van der Waals surface area contributed by atoms with Gasteiger partial charge in [0.05, 0.1) is 10.2 Å². The molecule has 3 nitrogen and oxygen atoms in total. The summed E-state index contributed by atoms with van der Waals surface area (Å²) in [6.07, 6.45) is 1.80. The van der Waals surface area contributed by atoms with Gasteiger partial charge in [0.15, 0.2) is 5.16 Å². The number of thioether (sulfide) groups is 1. The topological polar surface area (TPSA) is 37.8 Å². The molecule has 2 aromatic rings. The van der Waals surface area contributed by atoms with E-state index in [1.54, 1.807) is 6.26 Å². The van der Waals surface area contributed by atoms with Gasteiger partial charge in [-0.1, -0.05) is 23.4 Å². The first-order valence-corrected chi connectivity index (χ1v) is 7.39. The predicted octanol–water partition coefficient (Wildman–Crippen LogP) is 4.64. The van der Waals surface area contributed by atoms with Crippen LogP contribution in [0.15, 0.2) is 27.8 Å². The van der Waals surface area contributed by atoms with Crippen molar-refractivity contribution in [1.29, 1.82) is 0 Å². The fourth-order valence-electron chi connectivity index (χ4n) is 1.31. The van der Waals surface area contributed by atoms with Crippen LogP contribution in [0.2, 0.25) is 5.15 Å². The first-order valence-electron chi connectivity index (χ1n) is 4.99. The van der Waals surface area contributed by atoms with Crippen LogP contribution in [-0.4, -0.2) is 16.2 Å². The lowest BCUT2D eigenvalue weighted by molar-refractivity contribution is 0.581. The second-order valence-electron chi connectivity index (χ2n) is 3.43. The van der Waals surface area contributed by atoms with Crippen molar-refractivity contribution in [1.82, 2.24) is 9.97 Å². The summed E-state index contributed by atoms with van der Waals surface area (Å²) in [6, 6.07) is 3.53. The highest BCUT2D eigenvalue weighted by Crippen LogP contribution is 2.27. The molecule has 0 saturated carbocycles. The Kier molecular flexibility index (Phi) is 4.59. The Morgan fingerprint density at radius 3 is 2.63 bits per heavy atom. The van der Waals surface area contributed by atoms with Crippen LogP contribution in [-0.2, 0) is 0 Å². The van der Waals surface area contributed by atoms with Gasteiger partial charge in [0.1, 0.15) is 22.6 Å². The van der Waals surface area contributed by atoms with E-state index in [0.29, 0.717) is 11.0 Å². The van der Waals surface area contributed by atoms with Crippen molar-refractivity contribution in [2.45, 2.75) is 5.16 Å². The smallest absolute Gasteiger partial charge is 0.190 e. The number of halogens is 4. The van der Waals surface area contributed by atoms with Crippen molar-refractivity contribution in [3.8, 4) is 0 Å². The summed E-state index contributed by atoms with van der Waals surface area (Å²) in [4.78, 5) is 8.08. The lowest BCUT2D eigenvalue weighted by Gasteiger charge is -2.09. The van der Waals surface area contributed by atoms with E-state index in [1.807, 2.05) is 0 Å². The summed E-state index contributed by atoms with van der Waals surface area (Å²) in [6.45, 7) is 0. The molecule has 0 bridgehead atoms. The molecule has 8 heteroatoms. The number of nitrogens with one attached hydrogen (secondary N) is 1. The maximum Gasteiger partial charge on any atom is 0.190 e. The minimum atomic E-state index is -0.721. The minimum Gasteiger partial charge on any atom is -0.338 e. The van der Waals surface area contributed by atoms with E-state index in [1.165, 1.54) is 23.9 Å². The fourth-order valence-corrected chi connectivity index (χ4v) is 2.26. The molecule has 0 spiro atoms. The number of hydrogen-bond acceptors (Lipinski definition) is 4. The van der Waals surface area contributed by atoms with Crippen molar-refractivity contribution in [3.05, 3.63) is 39.5 Å². The van der Waals surface area contributed by atoms with Gasteiger partial charge in [-0.25, -0.2) is 18.7 Å². The second-order valence-corrected chi connectivity index (χ2v) is 5.45. The monoisotopic (exact) mass is 365 g/mol. The van der Waals surface area contributed by atoms with Crippen molar-refractivity contribution in [2.75, 3.05) is 11.6 Å². The zero-order chi connectivity index (χ0) is 14.0. The van der Waals surface area contributed by atoms with Gasteiger partial charge in [0, 0.05) is 12.1 Å². The summed E-state index contributed by atoms with van der Waals surface area (Å²) < 4.78 is 26.9. The summed E-state index contributed by atoms with van der Waals surface area (Å²) in [5.74, 6) is -1.06. The van der Waals surface area contributed by atoms with Gasteiger partial charge in [0.2, 0.25) is 0 Å². The molecule has 0 aliphatic carbocycles. The lowest BCUT2D eigenvalue weighted by Crippen LogP contribution is -1.99. The third kappa shape index (κ3) is 3.55. The van der Waals surface area contributed by atoms with E-state index in [-0.39, 0.29) is 15.3 Å². The third-order valence-corrected chi connectivity index (χ3v) is 3.48. The summed E-state index contributed by atoms with van der Waals surface area (Å²) in [5, 5.41) is 3.43. The molecule has 0 saturated heterocycles. The van der Waals surface area contributed by atoms with Crippen molar-refractivity contribution < 1.29 is 8.78 Å². The number of hydrogen-bond donors (Lipinski definition) is 1. The van der Waals surface area contributed by atoms with Gasteiger partial charge in [-0.05, 0) is 28.3 Å². The van der Waals surface area contributed by atoms with E-state index >= 15 is 0 Å². The van der Waals surface area contributed by atoms with E-state index in [4.69, 9.17) is 11.6 Å². The van der Waals surface area contributed by atoms with Gasteiger partial charge in [0.25, 0.3) is 0 Å². The largest absolute Gasteiger partial charge is 0.338 e. The van der Waals surface area contributed by atoms with Crippen molar-refractivity contribution in [2.24, 2.45) is 0 Å². The molecule has 1 N–H and O–H groups in total. The quantitative estimate of drug-likeness (QED) is 0.372. The second kappa shape index (κ2) is 6.02. The van der Waals surface area contributed by atoms with E-state index in [2.05, 4.69) is 31.2 Å². The standard InChI is InChI=1S/C11H7BrClF2N3S/c1-19-11-17-9(13)4-10(18-11)16-8-2-5(12)6(14)3-7(8)15/h2-4H,1H3,(H,16,17,18). The van der Waals surface area contributed by atoms with Gasteiger partial charge in [-0.15, -0.1) is 0 Å². The molecule has 19 heavy (non-hydrogen) atoms. The molecule has 1 heterocycles. The zero-order valence-corrected chi connectivity index (χ0v) is 12.7. The van der Waals surface area contributed by atoms with Crippen LogP contribution >= 0.6 is 39.3 Å². The van der Waals surface area contributed by atoms with Gasteiger partial charge in [-0.3, -0.25) is 0 Å².